The van der Waals surface area contributed by atoms with E-state index in [1.165, 1.54) is 11.5 Å². The standard InChI is InChI=1S/C23H23ClN4O3S/c1-15(29)28-10-7-18(8-11-28)31-21-12-20(25-14-19(21)22-6-9-27-32-22)23(30)26-13-16-2-4-17(24)5-3-16/h2-6,9,12,14,18H,7-8,10-11,13H2,1H3,(H,26,30). The van der Waals surface area contributed by atoms with E-state index in [9.17, 15) is 9.59 Å². The van der Waals surface area contributed by atoms with Crippen LogP contribution in [0.2, 0.25) is 5.02 Å². The van der Waals surface area contributed by atoms with Crippen LogP contribution in [0.1, 0.15) is 35.8 Å². The number of nitrogens with one attached hydrogen (secondary N) is 1. The molecular weight excluding hydrogens is 448 g/mol. The van der Waals surface area contributed by atoms with Gasteiger partial charge in [-0.05, 0) is 35.3 Å². The van der Waals surface area contributed by atoms with E-state index in [1.54, 1.807) is 37.5 Å². The van der Waals surface area contributed by atoms with Gasteiger partial charge >= 0.3 is 0 Å². The molecule has 0 spiro atoms. The van der Waals surface area contributed by atoms with Crippen LogP contribution in [0.4, 0.5) is 0 Å². The molecule has 0 aliphatic carbocycles. The summed E-state index contributed by atoms with van der Waals surface area (Å²) < 4.78 is 10.5. The van der Waals surface area contributed by atoms with E-state index in [0.29, 0.717) is 30.4 Å². The molecule has 1 saturated heterocycles. The Hall–Kier alpha value is -2.97. The van der Waals surface area contributed by atoms with Crippen molar-refractivity contribution in [1.29, 1.82) is 0 Å². The average Bonchev–Trinajstić information content (AvgIpc) is 3.33. The van der Waals surface area contributed by atoms with E-state index >= 15 is 0 Å². The number of pyridine rings is 1. The predicted octanol–water partition coefficient (Wildman–Crippen LogP) is 4.18. The maximum atomic E-state index is 12.7. The number of hydrogen-bond acceptors (Lipinski definition) is 6. The van der Waals surface area contributed by atoms with Crippen molar-refractivity contribution in [2.45, 2.75) is 32.4 Å². The van der Waals surface area contributed by atoms with Gasteiger partial charge in [-0.3, -0.25) is 14.6 Å². The Kier molecular flexibility index (Phi) is 7.02. The third kappa shape index (κ3) is 5.44. The Morgan fingerprint density at radius 2 is 1.97 bits per heavy atom. The van der Waals surface area contributed by atoms with E-state index in [0.717, 1.165) is 28.8 Å². The molecule has 1 aromatic carbocycles. The molecule has 3 heterocycles. The molecule has 1 aliphatic heterocycles. The molecule has 32 heavy (non-hydrogen) atoms. The fraction of sp³-hybridized carbons (Fsp3) is 0.304. The van der Waals surface area contributed by atoms with E-state index in [1.807, 2.05) is 23.1 Å². The number of likely N-dealkylation sites (tertiary alicyclic amines) is 1. The molecule has 2 amide bonds. The maximum absolute atomic E-state index is 12.7. The second-order valence-corrected chi connectivity index (χ2v) is 8.84. The molecule has 0 atom stereocenters. The number of carbonyl (C=O) groups excluding carboxylic acids is 2. The number of rotatable bonds is 6. The Morgan fingerprint density at radius 1 is 1.22 bits per heavy atom. The van der Waals surface area contributed by atoms with Crippen molar-refractivity contribution in [3.8, 4) is 16.2 Å². The molecule has 166 valence electrons. The van der Waals surface area contributed by atoms with E-state index in [4.69, 9.17) is 16.3 Å². The second kappa shape index (κ2) is 10.1. The van der Waals surface area contributed by atoms with Gasteiger partial charge in [0.2, 0.25) is 5.91 Å². The van der Waals surface area contributed by atoms with Gasteiger partial charge in [-0.15, -0.1) is 0 Å². The van der Waals surface area contributed by atoms with Gasteiger partial charge in [-0.1, -0.05) is 23.7 Å². The number of amides is 2. The summed E-state index contributed by atoms with van der Waals surface area (Å²) in [6.45, 7) is 3.28. The first-order valence-corrected chi connectivity index (χ1v) is 11.5. The minimum absolute atomic E-state index is 0.0374. The lowest BCUT2D eigenvalue weighted by atomic mass is 10.1. The summed E-state index contributed by atoms with van der Waals surface area (Å²) in [6.07, 6.45) is 4.82. The van der Waals surface area contributed by atoms with E-state index in [2.05, 4.69) is 14.7 Å². The van der Waals surface area contributed by atoms with Crippen molar-refractivity contribution in [3.05, 3.63) is 65.1 Å². The van der Waals surface area contributed by atoms with Crippen LogP contribution in [0.25, 0.3) is 10.4 Å². The lowest BCUT2D eigenvalue weighted by molar-refractivity contribution is -0.130. The predicted molar refractivity (Wildman–Crippen MR) is 124 cm³/mol. The van der Waals surface area contributed by atoms with Crippen LogP contribution in [0, 0.1) is 0 Å². The molecule has 2 aromatic heterocycles. The number of ether oxygens (including phenoxy) is 1. The van der Waals surface area contributed by atoms with Crippen molar-refractivity contribution >= 4 is 34.9 Å². The van der Waals surface area contributed by atoms with Crippen LogP contribution in [-0.2, 0) is 11.3 Å². The molecule has 9 heteroatoms. The summed E-state index contributed by atoms with van der Waals surface area (Å²) >= 11 is 7.26. The van der Waals surface area contributed by atoms with Gasteiger partial charge < -0.3 is 15.0 Å². The Morgan fingerprint density at radius 3 is 2.62 bits per heavy atom. The first-order valence-electron chi connectivity index (χ1n) is 10.4. The van der Waals surface area contributed by atoms with Crippen LogP contribution < -0.4 is 10.1 Å². The highest BCUT2D eigenvalue weighted by Crippen LogP contribution is 2.34. The van der Waals surface area contributed by atoms with Crippen molar-refractivity contribution in [2.24, 2.45) is 0 Å². The number of halogens is 1. The fourth-order valence-corrected chi connectivity index (χ4v) is 4.28. The Labute approximate surface area is 195 Å². The highest BCUT2D eigenvalue weighted by molar-refractivity contribution is 7.09. The third-order valence-electron chi connectivity index (χ3n) is 5.35. The number of piperidine rings is 1. The van der Waals surface area contributed by atoms with Crippen LogP contribution in [0.15, 0.2) is 48.8 Å². The molecule has 3 aromatic rings. The molecule has 1 aliphatic rings. The number of nitrogens with zero attached hydrogens (tertiary/aromatic N) is 3. The molecule has 7 nitrogen and oxygen atoms in total. The van der Waals surface area contributed by atoms with Crippen molar-refractivity contribution in [3.63, 3.8) is 0 Å². The smallest absolute Gasteiger partial charge is 0.270 e. The van der Waals surface area contributed by atoms with Crippen LogP contribution in [0.5, 0.6) is 5.75 Å². The summed E-state index contributed by atoms with van der Waals surface area (Å²) in [5.74, 6) is 0.395. The van der Waals surface area contributed by atoms with Crippen molar-refractivity contribution < 1.29 is 14.3 Å². The van der Waals surface area contributed by atoms with Crippen molar-refractivity contribution in [1.82, 2.24) is 19.6 Å². The highest BCUT2D eigenvalue weighted by Gasteiger charge is 2.24. The van der Waals surface area contributed by atoms with Gasteiger partial charge in [0.15, 0.2) is 0 Å². The summed E-state index contributed by atoms with van der Waals surface area (Å²) in [4.78, 5) is 31.4. The molecule has 0 unspecified atom stereocenters. The highest BCUT2D eigenvalue weighted by atomic mass is 35.5. The lowest BCUT2D eigenvalue weighted by Crippen LogP contribution is -2.40. The minimum Gasteiger partial charge on any atom is -0.489 e. The normalized spacial score (nSPS) is 14.2. The fourth-order valence-electron chi connectivity index (χ4n) is 3.54. The lowest BCUT2D eigenvalue weighted by Gasteiger charge is -2.31. The number of carbonyl (C=O) groups is 2. The molecule has 0 radical (unpaired) electrons. The number of aromatic nitrogens is 2. The maximum Gasteiger partial charge on any atom is 0.270 e. The molecule has 4 rings (SSSR count). The average molecular weight is 471 g/mol. The zero-order valence-corrected chi connectivity index (χ0v) is 19.2. The van der Waals surface area contributed by atoms with Gasteiger partial charge in [0.05, 0.1) is 10.4 Å². The van der Waals surface area contributed by atoms with E-state index < -0.39 is 0 Å². The second-order valence-electron chi connectivity index (χ2n) is 7.57. The van der Waals surface area contributed by atoms with Crippen molar-refractivity contribution in [2.75, 3.05) is 13.1 Å². The SMILES string of the molecule is CC(=O)N1CCC(Oc2cc(C(=O)NCc3ccc(Cl)cc3)ncc2-c2ccns2)CC1. The van der Waals surface area contributed by atoms with Crippen LogP contribution in [-0.4, -0.2) is 45.3 Å². The molecule has 1 N–H and O–H groups in total. The Bertz CT molecular complexity index is 1080. The van der Waals surface area contributed by atoms with Crippen LogP contribution >= 0.6 is 23.1 Å². The van der Waals surface area contributed by atoms with Gasteiger partial charge in [0.1, 0.15) is 17.5 Å². The largest absolute Gasteiger partial charge is 0.489 e. The molecule has 1 fully saturated rings. The van der Waals surface area contributed by atoms with Gasteiger partial charge in [-0.25, -0.2) is 4.37 Å². The number of benzene rings is 1. The molecule has 0 bridgehead atoms. The first-order chi connectivity index (χ1) is 15.5. The topological polar surface area (TPSA) is 84.4 Å². The summed E-state index contributed by atoms with van der Waals surface area (Å²) in [5, 5.41) is 3.53. The molecule has 0 saturated carbocycles. The number of hydrogen-bond donors (Lipinski definition) is 1. The third-order valence-corrected chi connectivity index (χ3v) is 6.38. The first kappa shape index (κ1) is 22.2. The zero-order chi connectivity index (χ0) is 22.5. The summed E-state index contributed by atoms with van der Waals surface area (Å²) in [6, 6.07) is 10.9. The minimum atomic E-state index is -0.285. The summed E-state index contributed by atoms with van der Waals surface area (Å²) in [5.41, 5.74) is 2.02. The van der Waals surface area contributed by atoms with Gasteiger partial charge in [0, 0.05) is 62.9 Å². The molecular formula is C23H23ClN4O3S. The van der Waals surface area contributed by atoms with Gasteiger partial charge in [0.25, 0.3) is 5.91 Å². The monoisotopic (exact) mass is 470 g/mol. The van der Waals surface area contributed by atoms with Gasteiger partial charge in [-0.2, -0.15) is 0 Å². The van der Waals surface area contributed by atoms with E-state index in [-0.39, 0.29) is 23.6 Å². The Balaban J connectivity index is 1.50. The summed E-state index contributed by atoms with van der Waals surface area (Å²) in [7, 11) is 0. The quantitative estimate of drug-likeness (QED) is 0.584. The van der Waals surface area contributed by atoms with Crippen LogP contribution in [0.3, 0.4) is 0 Å². The zero-order valence-electron chi connectivity index (χ0n) is 17.6.